The second kappa shape index (κ2) is 7.66. The van der Waals surface area contributed by atoms with Gasteiger partial charge in [0.2, 0.25) is 5.91 Å². The number of benzene rings is 1. The minimum atomic E-state index is -4.30. The summed E-state index contributed by atoms with van der Waals surface area (Å²) in [5, 5.41) is 5.28. The molecule has 2 aliphatic rings. The molecule has 0 aromatic heterocycles. The smallest absolute Gasteiger partial charge is 0.353 e. The maximum atomic E-state index is 13.6. The van der Waals surface area contributed by atoms with Crippen LogP contribution in [0.25, 0.3) is 0 Å². The number of amides is 3. The molecule has 0 bridgehead atoms. The molecule has 3 amide bonds. The first-order valence-electron chi connectivity index (χ1n) is 9.32. The Labute approximate surface area is 170 Å². The normalized spacial score (nSPS) is 26.9. The molecule has 1 aromatic carbocycles. The summed E-state index contributed by atoms with van der Waals surface area (Å²) in [5.74, 6) is -2.93. The van der Waals surface area contributed by atoms with Crippen molar-refractivity contribution < 1.29 is 27.2 Å². The Morgan fingerprint density at radius 3 is 2.52 bits per heavy atom. The van der Waals surface area contributed by atoms with Gasteiger partial charge in [-0.3, -0.25) is 4.79 Å². The Morgan fingerprint density at radius 1 is 1.28 bits per heavy atom. The van der Waals surface area contributed by atoms with Crippen molar-refractivity contribution in [1.82, 2.24) is 15.5 Å². The van der Waals surface area contributed by atoms with E-state index in [1.54, 1.807) is 13.8 Å². The standard InChI is InChI=1S/C19H22ClF4N3O2/c1-10-16(28)25-5-6-27(10)17(29)26-18(2,11-3-4-15(21)14(20)9-11)12-7-13(8-12)19(22,23)24/h3-4,9-10,12-13H,5-8H2,1-2H3,(H,25,28)(H,26,29)/t10-,12?,13?,18?/m1/s1. The Balaban J connectivity index is 1.88. The predicted molar refractivity (Wildman–Crippen MR) is 98.7 cm³/mol. The SMILES string of the molecule is C[C@@H]1C(=O)NCCN1C(=O)NC(C)(c1ccc(F)c(Cl)c1)C1CC(C(F)(F)F)C1. The van der Waals surface area contributed by atoms with Crippen LogP contribution in [-0.4, -0.2) is 42.1 Å². The van der Waals surface area contributed by atoms with Crippen LogP contribution in [0.4, 0.5) is 22.4 Å². The van der Waals surface area contributed by atoms with Crippen molar-refractivity contribution >= 4 is 23.5 Å². The van der Waals surface area contributed by atoms with Gasteiger partial charge in [-0.25, -0.2) is 9.18 Å². The molecule has 2 atom stereocenters. The van der Waals surface area contributed by atoms with Gasteiger partial charge in [0.15, 0.2) is 0 Å². The number of hydrogen-bond acceptors (Lipinski definition) is 2. The minimum absolute atomic E-state index is 0.161. The van der Waals surface area contributed by atoms with Crippen molar-refractivity contribution in [2.24, 2.45) is 11.8 Å². The lowest BCUT2D eigenvalue weighted by Crippen LogP contribution is -2.62. The third-order valence-electron chi connectivity index (χ3n) is 6.06. The minimum Gasteiger partial charge on any atom is -0.353 e. The highest BCUT2D eigenvalue weighted by atomic mass is 35.5. The zero-order valence-corrected chi connectivity index (χ0v) is 16.7. The van der Waals surface area contributed by atoms with Gasteiger partial charge in [0.1, 0.15) is 11.9 Å². The molecule has 1 aromatic rings. The Morgan fingerprint density at radius 2 is 1.93 bits per heavy atom. The third-order valence-corrected chi connectivity index (χ3v) is 6.35. The van der Waals surface area contributed by atoms with E-state index < -0.39 is 41.4 Å². The van der Waals surface area contributed by atoms with Crippen LogP contribution in [0.5, 0.6) is 0 Å². The van der Waals surface area contributed by atoms with Gasteiger partial charge in [-0.05, 0) is 50.3 Å². The fourth-order valence-corrected chi connectivity index (χ4v) is 4.12. The van der Waals surface area contributed by atoms with Crippen molar-refractivity contribution in [2.75, 3.05) is 13.1 Å². The van der Waals surface area contributed by atoms with Crippen LogP contribution in [0.2, 0.25) is 5.02 Å². The number of rotatable bonds is 3. The van der Waals surface area contributed by atoms with Gasteiger partial charge < -0.3 is 15.5 Å². The van der Waals surface area contributed by atoms with Crippen molar-refractivity contribution in [1.29, 1.82) is 0 Å². The summed E-state index contributed by atoms with van der Waals surface area (Å²) < 4.78 is 52.7. The van der Waals surface area contributed by atoms with Crippen LogP contribution < -0.4 is 10.6 Å². The highest BCUT2D eigenvalue weighted by Gasteiger charge is 2.54. The Hall–Kier alpha value is -2.03. The average Bonchev–Trinajstić information content (AvgIpc) is 2.56. The number of piperazine rings is 1. The van der Waals surface area contributed by atoms with E-state index >= 15 is 0 Å². The third kappa shape index (κ3) is 4.15. The van der Waals surface area contributed by atoms with Gasteiger partial charge >= 0.3 is 12.2 Å². The molecule has 1 saturated carbocycles. The molecular weight excluding hydrogens is 414 g/mol. The number of urea groups is 1. The molecule has 10 heteroatoms. The maximum Gasteiger partial charge on any atom is 0.391 e. The van der Waals surface area contributed by atoms with Crippen LogP contribution in [0.1, 0.15) is 32.3 Å². The summed E-state index contributed by atoms with van der Waals surface area (Å²) >= 11 is 5.88. The van der Waals surface area contributed by atoms with E-state index in [0.29, 0.717) is 5.56 Å². The van der Waals surface area contributed by atoms with Crippen LogP contribution in [0.15, 0.2) is 18.2 Å². The summed E-state index contributed by atoms with van der Waals surface area (Å²) in [4.78, 5) is 26.1. The molecule has 2 fully saturated rings. The van der Waals surface area contributed by atoms with Gasteiger partial charge in [0.25, 0.3) is 0 Å². The van der Waals surface area contributed by atoms with Gasteiger partial charge in [-0.15, -0.1) is 0 Å². The van der Waals surface area contributed by atoms with E-state index in [1.807, 2.05) is 0 Å². The summed E-state index contributed by atoms with van der Waals surface area (Å²) in [6.45, 7) is 3.74. The Bertz CT molecular complexity index is 813. The monoisotopic (exact) mass is 435 g/mol. The lowest BCUT2D eigenvalue weighted by Gasteiger charge is -2.49. The first-order valence-corrected chi connectivity index (χ1v) is 9.70. The number of nitrogens with zero attached hydrogens (tertiary/aromatic N) is 1. The molecule has 160 valence electrons. The maximum absolute atomic E-state index is 13.6. The molecular formula is C19H22ClF4N3O2. The molecule has 1 aliphatic heterocycles. The first-order chi connectivity index (χ1) is 13.4. The molecule has 1 aliphatic carbocycles. The topological polar surface area (TPSA) is 61.4 Å². The molecule has 1 saturated heterocycles. The lowest BCUT2D eigenvalue weighted by molar-refractivity contribution is -0.210. The highest BCUT2D eigenvalue weighted by Crippen LogP contribution is 2.52. The van der Waals surface area contributed by atoms with Crippen molar-refractivity contribution in [3.63, 3.8) is 0 Å². The molecule has 3 rings (SSSR count). The summed E-state index contributed by atoms with van der Waals surface area (Å²) in [5.41, 5.74) is -0.791. The van der Waals surface area contributed by atoms with Crippen LogP contribution in [0, 0.1) is 17.7 Å². The molecule has 0 radical (unpaired) electrons. The molecule has 1 unspecified atom stereocenters. The summed E-state index contributed by atoms with van der Waals surface area (Å²) in [6.07, 6.45) is -4.63. The fraction of sp³-hybridized carbons (Fsp3) is 0.579. The highest BCUT2D eigenvalue weighted by molar-refractivity contribution is 6.30. The molecule has 29 heavy (non-hydrogen) atoms. The summed E-state index contributed by atoms with van der Waals surface area (Å²) in [6, 6.07) is 2.58. The van der Waals surface area contributed by atoms with E-state index in [4.69, 9.17) is 11.6 Å². The fourth-order valence-electron chi connectivity index (χ4n) is 3.94. The van der Waals surface area contributed by atoms with Crippen molar-refractivity contribution in [2.45, 2.75) is 44.4 Å². The van der Waals surface area contributed by atoms with E-state index in [9.17, 15) is 27.2 Å². The molecule has 1 heterocycles. The number of halogens is 5. The van der Waals surface area contributed by atoms with Crippen LogP contribution >= 0.6 is 11.6 Å². The number of carbonyl (C=O) groups excluding carboxylic acids is 2. The first kappa shape index (κ1) is 21.7. The zero-order valence-electron chi connectivity index (χ0n) is 15.9. The van der Waals surface area contributed by atoms with Gasteiger partial charge in [-0.2, -0.15) is 13.2 Å². The lowest BCUT2D eigenvalue weighted by atomic mass is 9.63. The number of carbonyl (C=O) groups is 2. The molecule has 0 spiro atoms. The van der Waals surface area contributed by atoms with Gasteiger partial charge in [0, 0.05) is 13.1 Å². The Kier molecular flexibility index (Phi) is 5.73. The van der Waals surface area contributed by atoms with Crippen molar-refractivity contribution in [3.8, 4) is 0 Å². The molecule has 5 nitrogen and oxygen atoms in total. The predicted octanol–water partition coefficient (Wildman–Crippen LogP) is 3.81. The van der Waals surface area contributed by atoms with E-state index in [2.05, 4.69) is 10.6 Å². The van der Waals surface area contributed by atoms with E-state index in [1.165, 1.54) is 17.0 Å². The quantitative estimate of drug-likeness (QED) is 0.709. The second-order valence-corrected chi connectivity index (χ2v) is 8.24. The molecule has 2 N–H and O–H groups in total. The van der Waals surface area contributed by atoms with Gasteiger partial charge in [0.05, 0.1) is 16.5 Å². The number of hydrogen-bond donors (Lipinski definition) is 2. The van der Waals surface area contributed by atoms with Crippen LogP contribution in [-0.2, 0) is 10.3 Å². The van der Waals surface area contributed by atoms with E-state index in [0.717, 1.165) is 6.07 Å². The largest absolute Gasteiger partial charge is 0.391 e. The van der Waals surface area contributed by atoms with Crippen LogP contribution in [0.3, 0.4) is 0 Å². The van der Waals surface area contributed by atoms with E-state index in [-0.39, 0.29) is 36.9 Å². The van der Waals surface area contributed by atoms with Gasteiger partial charge in [-0.1, -0.05) is 17.7 Å². The van der Waals surface area contributed by atoms with Crippen molar-refractivity contribution in [3.05, 3.63) is 34.6 Å². The number of alkyl halides is 3. The number of nitrogens with one attached hydrogen (secondary N) is 2. The zero-order chi connectivity index (χ0) is 21.6. The second-order valence-electron chi connectivity index (χ2n) is 7.83. The average molecular weight is 436 g/mol. The summed E-state index contributed by atoms with van der Waals surface area (Å²) in [7, 11) is 0.